The van der Waals surface area contributed by atoms with Gasteiger partial charge in [-0.3, -0.25) is 4.79 Å². The number of nitrogens with one attached hydrogen (secondary N) is 1. The number of sulfonamides is 1. The van der Waals surface area contributed by atoms with Gasteiger partial charge in [0.1, 0.15) is 16.4 Å². The number of hydrogen-bond donors (Lipinski definition) is 1. The van der Waals surface area contributed by atoms with Crippen LogP contribution in [-0.2, 0) is 27.7 Å². The molecule has 2 aromatic heterocycles. The standard InChI is InChI=1S/C26H32ClN5O6S/c1-5-18-14-31(39(35,36)22-13-16-12-17(27)6-7-19(16)28-22)10-11-32(18)24(33)23-29-20-8-9-30(15-21(20)37-23)25(34)38-26(2,3)4/h6-7,12-13,18,28H,5,8-11,14-15H2,1-4H3. The molecule has 39 heavy (non-hydrogen) atoms. The maximum atomic E-state index is 13.4. The summed E-state index contributed by atoms with van der Waals surface area (Å²) in [6, 6.07) is 6.37. The van der Waals surface area contributed by atoms with Gasteiger partial charge >= 0.3 is 12.0 Å². The van der Waals surface area contributed by atoms with E-state index in [0.29, 0.717) is 46.8 Å². The summed E-state index contributed by atoms with van der Waals surface area (Å²) in [6.45, 7) is 8.37. The van der Waals surface area contributed by atoms with Crippen molar-refractivity contribution in [1.29, 1.82) is 0 Å². The van der Waals surface area contributed by atoms with Crippen LogP contribution in [0.25, 0.3) is 10.9 Å². The fourth-order valence-corrected chi connectivity index (χ4v) is 6.57. The number of fused-ring (bicyclic) bond motifs is 2. The second-order valence-electron chi connectivity index (χ2n) is 10.8. The molecule has 1 atom stereocenters. The van der Waals surface area contributed by atoms with Crippen molar-refractivity contribution in [3.05, 3.63) is 46.6 Å². The number of amides is 2. The molecular weight excluding hydrogens is 546 g/mol. The van der Waals surface area contributed by atoms with Crippen molar-refractivity contribution in [3.8, 4) is 0 Å². The second kappa shape index (κ2) is 10.1. The minimum absolute atomic E-state index is 0.0479. The van der Waals surface area contributed by atoms with Gasteiger partial charge in [-0.05, 0) is 51.5 Å². The first-order chi connectivity index (χ1) is 18.4. The Morgan fingerprint density at radius 3 is 2.69 bits per heavy atom. The number of aromatic amines is 1. The molecule has 11 nitrogen and oxygen atoms in total. The summed E-state index contributed by atoms with van der Waals surface area (Å²) >= 11 is 6.06. The van der Waals surface area contributed by atoms with Gasteiger partial charge in [0.15, 0.2) is 0 Å². The molecule has 3 aromatic rings. The Balaban J connectivity index is 1.29. The number of carbonyl (C=O) groups excluding carboxylic acids is 2. The van der Waals surface area contributed by atoms with E-state index in [1.54, 1.807) is 49.9 Å². The number of nitrogens with zero attached hydrogens (tertiary/aromatic N) is 4. The van der Waals surface area contributed by atoms with Crippen LogP contribution in [0.5, 0.6) is 0 Å². The number of rotatable bonds is 4. The fourth-order valence-electron chi connectivity index (χ4n) is 4.91. The molecule has 13 heteroatoms. The number of aromatic nitrogens is 2. The van der Waals surface area contributed by atoms with Crippen LogP contribution in [0, 0.1) is 0 Å². The van der Waals surface area contributed by atoms with Gasteiger partial charge in [0.2, 0.25) is 0 Å². The number of benzene rings is 1. The van der Waals surface area contributed by atoms with Crippen LogP contribution >= 0.6 is 11.6 Å². The van der Waals surface area contributed by atoms with E-state index in [4.69, 9.17) is 20.8 Å². The van der Waals surface area contributed by atoms with Gasteiger partial charge in [0.05, 0.1) is 12.2 Å². The van der Waals surface area contributed by atoms with Gasteiger partial charge < -0.3 is 23.9 Å². The highest BCUT2D eigenvalue weighted by Gasteiger charge is 2.39. The molecule has 1 fully saturated rings. The van der Waals surface area contributed by atoms with Crippen LogP contribution in [0.15, 0.2) is 33.7 Å². The van der Waals surface area contributed by atoms with Crippen molar-refractivity contribution in [1.82, 2.24) is 24.1 Å². The third kappa shape index (κ3) is 5.50. The summed E-state index contributed by atoms with van der Waals surface area (Å²) in [6.07, 6.45) is 0.552. The van der Waals surface area contributed by atoms with E-state index in [-0.39, 0.29) is 43.1 Å². The molecule has 5 rings (SSSR count). The van der Waals surface area contributed by atoms with Crippen molar-refractivity contribution in [2.45, 2.75) is 63.8 Å². The molecule has 1 unspecified atom stereocenters. The van der Waals surface area contributed by atoms with Gasteiger partial charge in [-0.2, -0.15) is 4.31 Å². The van der Waals surface area contributed by atoms with E-state index in [1.165, 1.54) is 9.21 Å². The van der Waals surface area contributed by atoms with Crippen molar-refractivity contribution in [2.75, 3.05) is 26.2 Å². The topological polar surface area (TPSA) is 129 Å². The van der Waals surface area contributed by atoms with Crippen LogP contribution in [-0.4, -0.2) is 82.3 Å². The molecule has 0 aliphatic carbocycles. The van der Waals surface area contributed by atoms with Crippen molar-refractivity contribution >= 4 is 44.5 Å². The molecule has 2 aliphatic rings. The van der Waals surface area contributed by atoms with Crippen LogP contribution in [0.1, 0.15) is 56.3 Å². The highest BCUT2D eigenvalue weighted by atomic mass is 35.5. The van der Waals surface area contributed by atoms with Gasteiger partial charge in [-0.1, -0.05) is 18.5 Å². The average Bonchev–Trinajstić information content (AvgIpc) is 3.50. The number of piperazine rings is 1. The van der Waals surface area contributed by atoms with Gasteiger partial charge in [0.25, 0.3) is 15.9 Å². The van der Waals surface area contributed by atoms with E-state index in [2.05, 4.69) is 9.97 Å². The van der Waals surface area contributed by atoms with Gasteiger partial charge in [0, 0.05) is 54.6 Å². The summed E-state index contributed by atoms with van der Waals surface area (Å²) < 4.78 is 39.6. The van der Waals surface area contributed by atoms with Crippen LogP contribution in [0.2, 0.25) is 5.02 Å². The van der Waals surface area contributed by atoms with Crippen LogP contribution in [0.4, 0.5) is 4.79 Å². The predicted octanol–water partition coefficient (Wildman–Crippen LogP) is 4.03. The van der Waals surface area contributed by atoms with E-state index < -0.39 is 27.6 Å². The molecular formula is C26H32ClN5O6S. The van der Waals surface area contributed by atoms with Crippen molar-refractivity contribution in [2.24, 2.45) is 0 Å². The first-order valence-electron chi connectivity index (χ1n) is 12.9. The van der Waals surface area contributed by atoms with Crippen molar-refractivity contribution < 1.29 is 27.2 Å². The molecule has 0 radical (unpaired) electrons. The summed E-state index contributed by atoms with van der Waals surface area (Å²) in [5.74, 6) is 0.0225. The molecule has 2 amide bonds. The largest absolute Gasteiger partial charge is 0.444 e. The number of carbonyl (C=O) groups is 2. The lowest BCUT2D eigenvalue weighted by Crippen LogP contribution is -2.56. The zero-order valence-electron chi connectivity index (χ0n) is 22.4. The van der Waals surface area contributed by atoms with E-state index in [9.17, 15) is 18.0 Å². The Morgan fingerprint density at radius 2 is 1.97 bits per heavy atom. The second-order valence-corrected chi connectivity index (χ2v) is 13.2. The van der Waals surface area contributed by atoms with Crippen LogP contribution < -0.4 is 0 Å². The first-order valence-corrected chi connectivity index (χ1v) is 14.7. The lowest BCUT2D eigenvalue weighted by molar-refractivity contribution is 0.0208. The Morgan fingerprint density at radius 1 is 1.21 bits per heavy atom. The number of hydrogen-bond acceptors (Lipinski definition) is 7. The quantitative estimate of drug-likeness (QED) is 0.495. The lowest BCUT2D eigenvalue weighted by atomic mass is 10.1. The summed E-state index contributed by atoms with van der Waals surface area (Å²) in [5, 5.41) is 1.32. The Hall–Kier alpha value is -3.09. The third-order valence-corrected chi connectivity index (χ3v) is 8.94. The maximum Gasteiger partial charge on any atom is 0.410 e. The lowest BCUT2D eigenvalue weighted by Gasteiger charge is -2.39. The summed E-state index contributed by atoms with van der Waals surface area (Å²) in [4.78, 5) is 36.5. The SMILES string of the molecule is CCC1CN(S(=O)(=O)c2cc3cc(Cl)ccc3[nH]2)CCN1C(=O)c1nc2c(o1)CN(C(=O)OC(C)(C)C)CC2. The monoisotopic (exact) mass is 577 g/mol. The molecule has 0 spiro atoms. The number of ether oxygens (including phenoxy) is 1. The number of H-pyrrole nitrogens is 1. The highest BCUT2D eigenvalue weighted by Crippen LogP contribution is 2.28. The first kappa shape index (κ1) is 27.5. The molecule has 210 valence electrons. The van der Waals surface area contributed by atoms with Gasteiger partial charge in [-0.15, -0.1) is 0 Å². The molecule has 1 saturated heterocycles. The smallest absolute Gasteiger partial charge is 0.410 e. The minimum atomic E-state index is -3.81. The Kier molecular flexibility index (Phi) is 7.15. The summed E-state index contributed by atoms with van der Waals surface area (Å²) in [5.41, 5.74) is 0.704. The zero-order chi connectivity index (χ0) is 28.1. The maximum absolute atomic E-state index is 13.4. The zero-order valence-corrected chi connectivity index (χ0v) is 23.9. The molecule has 2 aliphatic heterocycles. The molecule has 0 saturated carbocycles. The van der Waals surface area contributed by atoms with Crippen LogP contribution in [0.3, 0.4) is 0 Å². The Bertz CT molecular complexity index is 1530. The Labute approximate surface area is 232 Å². The molecule has 1 N–H and O–H groups in total. The molecule has 4 heterocycles. The average molecular weight is 578 g/mol. The highest BCUT2D eigenvalue weighted by molar-refractivity contribution is 7.89. The third-order valence-electron chi connectivity index (χ3n) is 6.92. The normalized spacial score (nSPS) is 18.8. The predicted molar refractivity (Wildman–Crippen MR) is 144 cm³/mol. The summed E-state index contributed by atoms with van der Waals surface area (Å²) in [7, 11) is -3.81. The van der Waals surface area contributed by atoms with E-state index >= 15 is 0 Å². The van der Waals surface area contributed by atoms with E-state index in [0.717, 1.165) is 0 Å². The number of halogens is 1. The molecule has 0 bridgehead atoms. The van der Waals surface area contributed by atoms with Crippen molar-refractivity contribution in [3.63, 3.8) is 0 Å². The fraction of sp³-hybridized carbons (Fsp3) is 0.500. The number of oxazole rings is 1. The molecule has 1 aromatic carbocycles. The minimum Gasteiger partial charge on any atom is -0.444 e. The van der Waals surface area contributed by atoms with Gasteiger partial charge in [-0.25, -0.2) is 18.2 Å². The van der Waals surface area contributed by atoms with E-state index in [1.807, 2.05) is 6.92 Å².